The van der Waals surface area contributed by atoms with Crippen LogP contribution in [0.5, 0.6) is 5.88 Å². The molecular formula is C35H36FN5O7S2. The first kappa shape index (κ1) is 35.1. The van der Waals surface area contributed by atoms with E-state index in [4.69, 9.17) is 14.7 Å². The van der Waals surface area contributed by atoms with Gasteiger partial charge in [-0.3, -0.25) is 14.4 Å². The van der Waals surface area contributed by atoms with E-state index >= 15 is 0 Å². The van der Waals surface area contributed by atoms with Gasteiger partial charge in [-0.25, -0.2) is 27.5 Å². The summed E-state index contributed by atoms with van der Waals surface area (Å²) in [5, 5.41) is 15.6. The molecule has 3 amide bonds. The van der Waals surface area contributed by atoms with Gasteiger partial charge in [-0.05, 0) is 53.6 Å². The molecule has 2 aromatic carbocycles. The number of halogens is 1. The lowest BCUT2D eigenvalue weighted by atomic mass is 9.88. The first-order chi connectivity index (χ1) is 23.6. The van der Waals surface area contributed by atoms with E-state index in [9.17, 15) is 32.3 Å². The van der Waals surface area contributed by atoms with Crippen molar-refractivity contribution in [3.8, 4) is 16.5 Å². The first-order valence-electron chi connectivity index (χ1n) is 15.9. The van der Waals surface area contributed by atoms with Gasteiger partial charge < -0.3 is 20.1 Å². The number of aliphatic hydroxyl groups is 1. The van der Waals surface area contributed by atoms with Gasteiger partial charge in [-0.2, -0.15) is 0 Å². The van der Waals surface area contributed by atoms with E-state index in [1.165, 1.54) is 28.4 Å². The van der Waals surface area contributed by atoms with Crippen LogP contribution in [0.1, 0.15) is 33.6 Å². The van der Waals surface area contributed by atoms with Crippen LogP contribution in [0.3, 0.4) is 0 Å². The Morgan fingerprint density at radius 3 is 2.46 bits per heavy atom. The molecule has 12 nitrogen and oxygen atoms in total. The molecule has 5 atom stereocenters. The van der Waals surface area contributed by atoms with Gasteiger partial charge in [-0.1, -0.05) is 51.1 Å². The third-order valence-electron chi connectivity index (χ3n) is 8.86. The zero-order valence-electron chi connectivity index (χ0n) is 27.5. The number of likely N-dealkylation sites (tertiary alicyclic amines) is 1. The molecule has 1 saturated heterocycles. The summed E-state index contributed by atoms with van der Waals surface area (Å²) in [6, 6.07) is 14.0. The summed E-state index contributed by atoms with van der Waals surface area (Å²) in [6.07, 6.45) is -0.830. The number of carbonyl (C=O) groups excluding carboxylic acids is 3. The third kappa shape index (κ3) is 6.85. The Kier molecular flexibility index (Phi) is 9.26. The van der Waals surface area contributed by atoms with Gasteiger partial charge in [0, 0.05) is 12.3 Å². The van der Waals surface area contributed by atoms with Gasteiger partial charge in [0.1, 0.15) is 35.3 Å². The van der Waals surface area contributed by atoms with Crippen molar-refractivity contribution >= 4 is 50.1 Å². The molecule has 1 saturated carbocycles. The fraction of sp³-hybridized carbons (Fsp3) is 0.343. The lowest BCUT2D eigenvalue weighted by molar-refractivity contribution is -0.150. The number of sulfonamides is 1. The Morgan fingerprint density at radius 2 is 1.84 bits per heavy atom. The molecule has 2 fully saturated rings. The highest BCUT2D eigenvalue weighted by Gasteiger charge is 2.61. The predicted octanol–water partition coefficient (Wildman–Crippen LogP) is 3.82. The zero-order chi connectivity index (χ0) is 36.0. The molecule has 1 aliphatic carbocycles. The van der Waals surface area contributed by atoms with Gasteiger partial charge in [0.05, 0.1) is 27.4 Å². The normalized spacial score (nSPS) is 22.5. The second-order valence-electron chi connectivity index (χ2n) is 13.5. The van der Waals surface area contributed by atoms with E-state index in [2.05, 4.69) is 11.9 Å². The average Bonchev–Trinajstić information content (AvgIpc) is 3.36. The van der Waals surface area contributed by atoms with Crippen LogP contribution >= 0.6 is 11.3 Å². The maximum Gasteiger partial charge on any atom is 0.264 e. The summed E-state index contributed by atoms with van der Waals surface area (Å²) in [4.78, 5) is 52.4. The molecule has 2 aliphatic rings. The molecule has 1 aliphatic heterocycles. The topological polar surface area (TPSA) is 168 Å². The number of hydrogen-bond donors (Lipinski definition) is 3. The monoisotopic (exact) mass is 721 g/mol. The fourth-order valence-corrected chi connectivity index (χ4v) is 7.72. The molecule has 3 N–H and O–H groups in total. The number of fused-ring (bicyclic) bond motifs is 1. The number of nitrogens with one attached hydrogen (secondary N) is 2. The minimum Gasteiger partial charge on any atom is -0.471 e. The Morgan fingerprint density at radius 1 is 1.12 bits per heavy atom. The molecule has 4 aromatic rings. The molecule has 50 heavy (non-hydrogen) atoms. The standard InChI is InChI=1S/C35H36FN5O7S2/c1-5-20-18-35(20,33(45)40-50(46,47)23-11-8-10-21(36)16-23)39-30(43)26-17-22(19-41(26)32(44)29(42)34(2,3)4)48-31-28(27-14-9-15-49-27)37-24-12-6-7-13-25(24)38-31/h5-16,20,22,26,29,42H,1,17-19H2,2-4H3,(H,39,43)(H,40,45)/t20-,22-,26+,29-,35-/m1/s1. The molecule has 0 unspecified atom stereocenters. The van der Waals surface area contributed by atoms with Crippen molar-refractivity contribution in [2.45, 2.75) is 62.3 Å². The second kappa shape index (κ2) is 13.2. The van der Waals surface area contributed by atoms with Crippen molar-refractivity contribution in [3.63, 3.8) is 0 Å². The van der Waals surface area contributed by atoms with Gasteiger partial charge in [0.25, 0.3) is 21.8 Å². The van der Waals surface area contributed by atoms with E-state index in [0.717, 1.165) is 23.1 Å². The Balaban J connectivity index is 1.29. The van der Waals surface area contributed by atoms with Crippen molar-refractivity contribution in [3.05, 3.63) is 84.5 Å². The van der Waals surface area contributed by atoms with E-state index < -0.39 is 73.6 Å². The molecule has 2 aromatic heterocycles. The predicted molar refractivity (Wildman–Crippen MR) is 184 cm³/mol. The summed E-state index contributed by atoms with van der Waals surface area (Å²) in [5.74, 6) is -3.74. The largest absolute Gasteiger partial charge is 0.471 e. The maximum atomic E-state index is 14.1. The van der Waals surface area contributed by atoms with Crippen LogP contribution in [0.25, 0.3) is 21.6 Å². The van der Waals surface area contributed by atoms with Crippen molar-refractivity contribution in [2.24, 2.45) is 11.3 Å². The zero-order valence-corrected chi connectivity index (χ0v) is 29.1. The van der Waals surface area contributed by atoms with Crippen molar-refractivity contribution in [1.82, 2.24) is 24.9 Å². The van der Waals surface area contributed by atoms with Gasteiger partial charge in [0.2, 0.25) is 11.8 Å². The Bertz CT molecular complexity index is 2090. The SMILES string of the molecule is C=C[C@@H]1C[C@]1(NC(=O)[C@@H]1C[C@@H](Oc2nc3ccccc3nc2-c2cccs2)CN1C(=O)[C@@H](O)C(C)(C)C)C(=O)NS(=O)(=O)c1cccc(F)c1. The number of rotatable bonds is 10. The third-order valence-corrected chi connectivity index (χ3v) is 11.1. The van der Waals surface area contributed by atoms with Crippen molar-refractivity contribution in [1.29, 1.82) is 0 Å². The minimum absolute atomic E-state index is 0.0365. The minimum atomic E-state index is -4.50. The number of ether oxygens (including phenoxy) is 1. The number of amides is 3. The number of carbonyl (C=O) groups is 3. The molecule has 0 spiro atoms. The number of benzene rings is 2. The smallest absolute Gasteiger partial charge is 0.264 e. The summed E-state index contributed by atoms with van der Waals surface area (Å²) >= 11 is 1.44. The summed E-state index contributed by atoms with van der Waals surface area (Å²) in [7, 11) is -4.50. The highest BCUT2D eigenvalue weighted by molar-refractivity contribution is 7.90. The van der Waals surface area contributed by atoms with E-state index in [1.807, 2.05) is 40.4 Å². The van der Waals surface area contributed by atoms with Crippen LogP contribution in [-0.2, 0) is 24.4 Å². The number of para-hydroxylation sites is 2. The molecule has 0 bridgehead atoms. The number of hydrogen-bond acceptors (Lipinski definition) is 10. The summed E-state index contributed by atoms with van der Waals surface area (Å²) in [6.45, 7) is 8.67. The molecular weight excluding hydrogens is 686 g/mol. The van der Waals surface area contributed by atoms with Crippen molar-refractivity contribution in [2.75, 3.05) is 6.54 Å². The number of thiophene rings is 1. The molecule has 0 radical (unpaired) electrons. The van der Waals surface area contributed by atoms with Crippen LogP contribution in [0.2, 0.25) is 0 Å². The van der Waals surface area contributed by atoms with Gasteiger partial charge in [0.15, 0.2) is 0 Å². The van der Waals surface area contributed by atoms with Crippen LogP contribution in [-0.4, -0.2) is 76.4 Å². The Hall–Kier alpha value is -4.73. The number of nitrogens with zero attached hydrogens (tertiary/aromatic N) is 3. The van der Waals surface area contributed by atoms with Crippen LogP contribution < -0.4 is 14.8 Å². The van der Waals surface area contributed by atoms with Crippen LogP contribution in [0, 0.1) is 17.2 Å². The second-order valence-corrected chi connectivity index (χ2v) is 16.1. The summed E-state index contributed by atoms with van der Waals surface area (Å²) in [5.41, 5.74) is -0.852. The Labute approximate surface area is 292 Å². The van der Waals surface area contributed by atoms with Crippen molar-refractivity contribution < 1.29 is 37.0 Å². The first-order valence-corrected chi connectivity index (χ1v) is 18.2. The molecule has 3 heterocycles. The fourth-order valence-electron chi connectivity index (χ4n) is 5.94. The number of aliphatic hydroxyl groups excluding tert-OH is 1. The van der Waals surface area contributed by atoms with E-state index in [1.54, 1.807) is 26.8 Å². The average molecular weight is 722 g/mol. The highest BCUT2D eigenvalue weighted by Crippen LogP contribution is 2.45. The molecule has 262 valence electrons. The van der Waals surface area contributed by atoms with E-state index in [0.29, 0.717) is 16.7 Å². The maximum absolute atomic E-state index is 14.1. The lowest BCUT2D eigenvalue weighted by Gasteiger charge is -2.32. The quantitative estimate of drug-likeness (QED) is 0.206. The van der Waals surface area contributed by atoms with Crippen LogP contribution in [0.15, 0.2) is 83.6 Å². The van der Waals surface area contributed by atoms with Gasteiger partial charge >= 0.3 is 0 Å². The molecule has 15 heteroatoms. The molecule has 6 rings (SSSR count). The highest BCUT2D eigenvalue weighted by atomic mass is 32.2. The van der Waals surface area contributed by atoms with E-state index in [-0.39, 0.29) is 25.3 Å². The summed E-state index contributed by atoms with van der Waals surface area (Å²) < 4.78 is 48.1. The number of aromatic nitrogens is 2. The van der Waals surface area contributed by atoms with Gasteiger partial charge in [-0.15, -0.1) is 17.9 Å². The van der Waals surface area contributed by atoms with Crippen LogP contribution in [0.4, 0.5) is 4.39 Å². The lowest BCUT2D eigenvalue weighted by Crippen LogP contribution is -2.57.